The molecule has 0 radical (unpaired) electrons. The Hall–Kier alpha value is -1.05. The first-order valence-electron chi connectivity index (χ1n) is 4.69. The molecule has 16 heavy (non-hydrogen) atoms. The van der Waals surface area contributed by atoms with Gasteiger partial charge >= 0.3 is 0 Å². The van der Waals surface area contributed by atoms with Gasteiger partial charge in [-0.3, -0.25) is 0 Å². The zero-order valence-electron chi connectivity index (χ0n) is 8.97. The second-order valence-electron chi connectivity index (χ2n) is 3.21. The van der Waals surface area contributed by atoms with Gasteiger partial charge in [-0.25, -0.2) is 4.98 Å². The fourth-order valence-corrected chi connectivity index (χ4v) is 2.75. The minimum Gasteiger partial charge on any atom is -0.326 e. The van der Waals surface area contributed by atoms with Gasteiger partial charge in [0.1, 0.15) is 11.4 Å². The van der Waals surface area contributed by atoms with Gasteiger partial charge in [-0.05, 0) is 42.7 Å². The third-order valence-electron chi connectivity index (χ3n) is 2.27. The molecule has 0 saturated heterocycles. The van der Waals surface area contributed by atoms with E-state index in [1.807, 2.05) is 13.8 Å². The highest BCUT2D eigenvalue weighted by atomic mass is 32.2. The first-order valence-corrected chi connectivity index (χ1v) is 6.28. The van der Waals surface area contributed by atoms with E-state index in [4.69, 9.17) is 5.73 Å². The normalized spacial score (nSPS) is 10.7. The molecule has 0 bridgehead atoms. The van der Waals surface area contributed by atoms with Crippen LogP contribution in [0.2, 0.25) is 0 Å². The summed E-state index contributed by atoms with van der Waals surface area (Å²) in [6, 6.07) is 0. The SMILES string of the molecule is Cc1nnc(Sc2ncns2)c(CN)c1C. The number of hydrogen-bond acceptors (Lipinski definition) is 7. The summed E-state index contributed by atoms with van der Waals surface area (Å²) >= 11 is 2.80. The number of hydrogen-bond donors (Lipinski definition) is 1. The minimum atomic E-state index is 0.462. The Labute approximate surface area is 102 Å². The van der Waals surface area contributed by atoms with Crippen molar-refractivity contribution in [1.82, 2.24) is 19.6 Å². The maximum Gasteiger partial charge on any atom is 0.176 e. The van der Waals surface area contributed by atoms with E-state index in [0.29, 0.717) is 6.54 Å². The number of aromatic nitrogens is 4. The lowest BCUT2D eigenvalue weighted by Crippen LogP contribution is -2.06. The molecular weight excluding hydrogens is 242 g/mol. The molecule has 7 heteroatoms. The van der Waals surface area contributed by atoms with Gasteiger partial charge < -0.3 is 5.73 Å². The van der Waals surface area contributed by atoms with Crippen LogP contribution in [0.1, 0.15) is 16.8 Å². The molecule has 2 N–H and O–H groups in total. The standard InChI is InChI=1S/C9H11N5S2/c1-5-6(2)13-14-8(7(5)3-10)15-9-11-4-12-16-9/h4H,3,10H2,1-2H3. The maximum absolute atomic E-state index is 5.74. The van der Waals surface area contributed by atoms with Crippen LogP contribution in [0, 0.1) is 13.8 Å². The first kappa shape index (κ1) is 11.4. The van der Waals surface area contributed by atoms with Crippen LogP contribution in [0.3, 0.4) is 0 Å². The zero-order chi connectivity index (χ0) is 11.5. The molecule has 0 fully saturated rings. The van der Waals surface area contributed by atoms with Gasteiger partial charge in [0.25, 0.3) is 0 Å². The molecule has 0 saturated carbocycles. The van der Waals surface area contributed by atoms with E-state index in [1.165, 1.54) is 29.6 Å². The third kappa shape index (κ3) is 2.21. The van der Waals surface area contributed by atoms with Gasteiger partial charge in [-0.2, -0.15) is 9.47 Å². The van der Waals surface area contributed by atoms with Crippen LogP contribution in [0.4, 0.5) is 0 Å². The first-order chi connectivity index (χ1) is 7.72. The average Bonchev–Trinajstić information content (AvgIpc) is 2.77. The lowest BCUT2D eigenvalue weighted by atomic mass is 10.1. The summed E-state index contributed by atoms with van der Waals surface area (Å²) in [6.45, 7) is 4.40. The van der Waals surface area contributed by atoms with Crippen molar-refractivity contribution < 1.29 is 0 Å². The Morgan fingerprint density at radius 3 is 2.81 bits per heavy atom. The Bertz CT molecular complexity index is 483. The second-order valence-corrected chi connectivity index (χ2v) is 5.22. The largest absolute Gasteiger partial charge is 0.326 e. The van der Waals surface area contributed by atoms with Crippen molar-refractivity contribution in [2.24, 2.45) is 5.73 Å². The number of aryl methyl sites for hydroxylation is 1. The smallest absolute Gasteiger partial charge is 0.176 e. The molecule has 0 aliphatic carbocycles. The van der Waals surface area contributed by atoms with Gasteiger partial charge in [0.2, 0.25) is 0 Å². The van der Waals surface area contributed by atoms with Crippen LogP contribution < -0.4 is 5.73 Å². The Morgan fingerprint density at radius 2 is 2.19 bits per heavy atom. The van der Waals surface area contributed by atoms with Crippen LogP contribution >= 0.6 is 23.3 Å². The van der Waals surface area contributed by atoms with Crippen molar-refractivity contribution in [2.75, 3.05) is 0 Å². The summed E-state index contributed by atoms with van der Waals surface area (Å²) in [4.78, 5) is 4.10. The van der Waals surface area contributed by atoms with Crippen molar-refractivity contribution in [3.63, 3.8) is 0 Å². The van der Waals surface area contributed by atoms with Crippen LogP contribution in [0.5, 0.6) is 0 Å². The Morgan fingerprint density at radius 1 is 1.38 bits per heavy atom. The van der Waals surface area contributed by atoms with E-state index in [-0.39, 0.29) is 0 Å². The molecule has 2 aromatic heterocycles. The molecule has 84 valence electrons. The predicted molar refractivity (Wildman–Crippen MR) is 63.4 cm³/mol. The van der Waals surface area contributed by atoms with Crippen LogP contribution in [0.25, 0.3) is 0 Å². The Balaban J connectivity index is 2.37. The average molecular weight is 253 g/mol. The van der Waals surface area contributed by atoms with E-state index in [1.54, 1.807) is 0 Å². The molecule has 5 nitrogen and oxygen atoms in total. The molecular formula is C9H11N5S2. The van der Waals surface area contributed by atoms with Gasteiger partial charge in [0, 0.05) is 12.1 Å². The van der Waals surface area contributed by atoms with Crippen LogP contribution in [-0.2, 0) is 6.54 Å². The summed E-state index contributed by atoms with van der Waals surface area (Å²) < 4.78 is 4.80. The fraction of sp³-hybridized carbons (Fsp3) is 0.333. The van der Waals surface area contributed by atoms with E-state index >= 15 is 0 Å². The quantitative estimate of drug-likeness (QED) is 0.894. The van der Waals surface area contributed by atoms with Crippen LogP contribution in [-0.4, -0.2) is 19.6 Å². The number of nitrogens with zero attached hydrogens (tertiary/aromatic N) is 4. The predicted octanol–water partition coefficient (Wildman–Crippen LogP) is 1.55. The van der Waals surface area contributed by atoms with E-state index in [2.05, 4.69) is 19.6 Å². The number of rotatable bonds is 3. The monoisotopic (exact) mass is 253 g/mol. The highest BCUT2D eigenvalue weighted by molar-refractivity contribution is 8.00. The van der Waals surface area contributed by atoms with Crippen LogP contribution in [0.15, 0.2) is 15.7 Å². The Kier molecular flexibility index (Phi) is 3.47. The maximum atomic E-state index is 5.74. The van der Waals surface area contributed by atoms with Gasteiger partial charge in [0.05, 0.1) is 5.69 Å². The summed E-state index contributed by atoms with van der Waals surface area (Å²) in [6.07, 6.45) is 1.53. The molecule has 2 heterocycles. The molecule has 0 atom stereocenters. The summed E-state index contributed by atoms with van der Waals surface area (Å²) in [7, 11) is 0. The molecule has 0 aromatic carbocycles. The van der Waals surface area contributed by atoms with Crippen molar-refractivity contribution in [2.45, 2.75) is 29.8 Å². The van der Waals surface area contributed by atoms with Crippen molar-refractivity contribution >= 4 is 23.3 Å². The molecule has 0 spiro atoms. The summed E-state index contributed by atoms with van der Waals surface area (Å²) in [5.74, 6) is 0. The summed E-state index contributed by atoms with van der Waals surface area (Å²) in [5, 5.41) is 9.08. The molecule has 0 unspecified atom stereocenters. The lowest BCUT2D eigenvalue weighted by molar-refractivity contribution is 0.824. The summed E-state index contributed by atoms with van der Waals surface area (Å²) in [5.41, 5.74) is 8.79. The van der Waals surface area contributed by atoms with E-state index in [9.17, 15) is 0 Å². The van der Waals surface area contributed by atoms with Crippen molar-refractivity contribution in [3.8, 4) is 0 Å². The van der Waals surface area contributed by atoms with E-state index in [0.717, 1.165) is 26.2 Å². The molecule has 0 aliphatic heterocycles. The van der Waals surface area contributed by atoms with Gasteiger partial charge in [-0.15, -0.1) is 5.10 Å². The lowest BCUT2D eigenvalue weighted by Gasteiger charge is -2.08. The zero-order valence-corrected chi connectivity index (χ0v) is 10.6. The molecule has 0 amide bonds. The van der Waals surface area contributed by atoms with Gasteiger partial charge in [-0.1, -0.05) is 0 Å². The van der Waals surface area contributed by atoms with Crippen molar-refractivity contribution in [3.05, 3.63) is 23.1 Å². The fourth-order valence-electron chi connectivity index (χ4n) is 1.25. The topological polar surface area (TPSA) is 77.6 Å². The molecule has 0 aliphatic rings. The minimum absolute atomic E-state index is 0.462. The van der Waals surface area contributed by atoms with E-state index < -0.39 is 0 Å². The van der Waals surface area contributed by atoms with Gasteiger partial charge in [0.15, 0.2) is 4.34 Å². The third-order valence-corrected chi connectivity index (χ3v) is 4.01. The second kappa shape index (κ2) is 4.86. The van der Waals surface area contributed by atoms with Crippen molar-refractivity contribution in [1.29, 1.82) is 0 Å². The molecule has 2 rings (SSSR count). The highest BCUT2D eigenvalue weighted by Gasteiger charge is 2.12. The highest BCUT2D eigenvalue weighted by Crippen LogP contribution is 2.30. The molecule has 2 aromatic rings. The number of nitrogens with two attached hydrogens (primary N) is 1.